The van der Waals surface area contributed by atoms with Gasteiger partial charge in [-0.3, -0.25) is 9.69 Å². The molecule has 0 radical (unpaired) electrons. The van der Waals surface area contributed by atoms with Crippen LogP contribution in [0, 0.1) is 17.8 Å². The minimum Gasteiger partial charge on any atom is -0.444 e. The lowest BCUT2D eigenvalue weighted by atomic mass is 9.48. The van der Waals surface area contributed by atoms with E-state index in [1.165, 1.54) is 44.1 Å². The van der Waals surface area contributed by atoms with Gasteiger partial charge >= 0.3 is 6.09 Å². The van der Waals surface area contributed by atoms with E-state index >= 15 is 0 Å². The molecule has 5 aliphatic rings. The fraction of sp³-hybridized carbons (Fsp3) is 0.548. The molecule has 2 aromatic rings. The lowest BCUT2D eigenvalue weighted by molar-refractivity contribution is -0.121. The van der Waals surface area contributed by atoms with Crippen LogP contribution in [0.4, 0.5) is 10.5 Å². The number of hydrogen-bond acceptors (Lipinski definition) is 3. The Kier molecular flexibility index (Phi) is 5.66. The number of anilines is 1. The van der Waals surface area contributed by atoms with Crippen molar-refractivity contribution in [1.29, 1.82) is 0 Å². The number of carbonyl (C=O) groups excluding carboxylic acids is 2. The topological polar surface area (TPSA) is 58.6 Å². The number of hydrogen-bond donors (Lipinski definition) is 1. The van der Waals surface area contributed by atoms with Gasteiger partial charge in [-0.15, -0.1) is 0 Å². The van der Waals surface area contributed by atoms with E-state index < -0.39 is 17.7 Å². The molecular formula is C31H38N2O3. The predicted octanol–water partition coefficient (Wildman–Crippen LogP) is 6.45. The second-order valence-electron chi connectivity index (χ2n) is 12.9. The minimum atomic E-state index is -0.623. The van der Waals surface area contributed by atoms with Crippen LogP contribution >= 0.6 is 0 Å². The second kappa shape index (κ2) is 8.64. The van der Waals surface area contributed by atoms with Crippen molar-refractivity contribution in [2.75, 3.05) is 5.32 Å². The van der Waals surface area contributed by atoms with Crippen LogP contribution in [0.25, 0.3) is 0 Å². The summed E-state index contributed by atoms with van der Waals surface area (Å²) < 4.78 is 5.66. The first-order valence-electron chi connectivity index (χ1n) is 13.7. The molecule has 2 aromatic carbocycles. The van der Waals surface area contributed by atoms with E-state index in [1.807, 2.05) is 45.0 Å². The van der Waals surface area contributed by atoms with Crippen LogP contribution in [0.15, 0.2) is 48.5 Å². The summed E-state index contributed by atoms with van der Waals surface area (Å²) in [5.41, 5.74) is 4.13. The quantitative estimate of drug-likeness (QED) is 0.542. The molecule has 4 fully saturated rings. The Labute approximate surface area is 214 Å². The highest BCUT2D eigenvalue weighted by Crippen LogP contribution is 2.60. The van der Waals surface area contributed by atoms with Crippen molar-refractivity contribution in [3.63, 3.8) is 0 Å². The van der Waals surface area contributed by atoms with E-state index in [2.05, 4.69) is 29.6 Å². The molecule has 0 spiro atoms. The van der Waals surface area contributed by atoms with E-state index in [1.54, 1.807) is 4.90 Å². The summed E-state index contributed by atoms with van der Waals surface area (Å²) in [6.45, 7) is 5.92. The SMILES string of the molecule is CC(C)(C)OC(=O)N1Cc2ccccc2C[C@H]1C(=O)Nc1ccc(C23CC4CC(CC(C4)C2)C3)cc1. The molecule has 1 atom stereocenters. The van der Waals surface area contributed by atoms with Gasteiger partial charge in [0.25, 0.3) is 0 Å². The lowest BCUT2D eigenvalue weighted by Crippen LogP contribution is -2.52. The molecule has 4 aliphatic carbocycles. The molecule has 1 aliphatic heterocycles. The highest BCUT2D eigenvalue weighted by molar-refractivity contribution is 5.97. The van der Waals surface area contributed by atoms with Gasteiger partial charge in [0.1, 0.15) is 11.6 Å². The number of rotatable bonds is 3. The fourth-order valence-electron chi connectivity index (χ4n) is 7.87. The predicted molar refractivity (Wildman–Crippen MR) is 141 cm³/mol. The summed E-state index contributed by atoms with van der Waals surface area (Å²) in [6.07, 6.45) is 8.33. The monoisotopic (exact) mass is 486 g/mol. The number of carbonyl (C=O) groups is 2. The maximum Gasteiger partial charge on any atom is 0.411 e. The molecule has 5 heteroatoms. The van der Waals surface area contributed by atoms with Crippen LogP contribution < -0.4 is 5.32 Å². The van der Waals surface area contributed by atoms with E-state index in [0.29, 0.717) is 18.4 Å². The number of fused-ring (bicyclic) bond motifs is 1. The number of nitrogens with zero attached hydrogens (tertiary/aromatic N) is 1. The molecule has 1 N–H and O–H groups in total. The third-order valence-electron chi connectivity index (χ3n) is 8.98. The Morgan fingerprint density at radius 2 is 1.47 bits per heavy atom. The molecule has 2 amide bonds. The van der Waals surface area contributed by atoms with E-state index in [0.717, 1.165) is 34.6 Å². The first-order chi connectivity index (χ1) is 17.2. The molecule has 36 heavy (non-hydrogen) atoms. The summed E-state index contributed by atoms with van der Waals surface area (Å²) in [5.74, 6) is 2.55. The molecule has 1 heterocycles. The van der Waals surface area contributed by atoms with Crippen molar-refractivity contribution in [2.24, 2.45) is 17.8 Å². The average Bonchev–Trinajstić information content (AvgIpc) is 2.81. The molecule has 0 unspecified atom stereocenters. The van der Waals surface area contributed by atoms with Gasteiger partial charge in [0, 0.05) is 12.1 Å². The van der Waals surface area contributed by atoms with Gasteiger partial charge in [-0.25, -0.2) is 4.79 Å². The first kappa shape index (κ1) is 23.6. The lowest BCUT2D eigenvalue weighted by Gasteiger charge is -2.57. The summed E-state index contributed by atoms with van der Waals surface area (Å²) in [5, 5.41) is 3.10. The van der Waals surface area contributed by atoms with E-state index in [4.69, 9.17) is 4.74 Å². The molecule has 7 rings (SSSR count). The number of amides is 2. The molecule has 190 valence electrons. The number of benzene rings is 2. The molecule has 0 aromatic heterocycles. The Morgan fingerprint density at radius 1 is 0.889 bits per heavy atom. The van der Waals surface area contributed by atoms with Crippen molar-refractivity contribution in [3.8, 4) is 0 Å². The van der Waals surface area contributed by atoms with Crippen molar-refractivity contribution in [2.45, 2.75) is 89.3 Å². The Balaban J connectivity index is 1.19. The highest BCUT2D eigenvalue weighted by atomic mass is 16.6. The van der Waals surface area contributed by atoms with Crippen LogP contribution in [0.1, 0.15) is 76.0 Å². The van der Waals surface area contributed by atoms with Crippen LogP contribution in [-0.4, -0.2) is 28.5 Å². The third-order valence-corrected chi connectivity index (χ3v) is 8.98. The molecule has 4 bridgehead atoms. The maximum atomic E-state index is 13.5. The second-order valence-corrected chi connectivity index (χ2v) is 12.9. The largest absolute Gasteiger partial charge is 0.444 e. The van der Waals surface area contributed by atoms with Crippen LogP contribution in [0.2, 0.25) is 0 Å². The van der Waals surface area contributed by atoms with Gasteiger partial charge in [0.05, 0.1) is 6.54 Å². The normalized spacial score (nSPS) is 30.6. The van der Waals surface area contributed by atoms with Gasteiger partial charge in [-0.05, 0) is 111 Å². The zero-order valence-electron chi connectivity index (χ0n) is 21.8. The Bertz CT molecular complexity index is 1130. The van der Waals surface area contributed by atoms with E-state index in [9.17, 15) is 9.59 Å². The summed E-state index contributed by atoms with van der Waals surface area (Å²) in [6, 6.07) is 16.0. The van der Waals surface area contributed by atoms with Crippen LogP contribution in [-0.2, 0) is 27.9 Å². The van der Waals surface area contributed by atoms with Gasteiger partial charge in [-0.1, -0.05) is 36.4 Å². The molecule has 0 saturated heterocycles. The first-order valence-corrected chi connectivity index (χ1v) is 13.7. The molecular weight excluding hydrogens is 448 g/mol. The van der Waals surface area contributed by atoms with Gasteiger partial charge in [-0.2, -0.15) is 0 Å². The smallest absolute Gasteiger partial charge is 0.411 e. The zero-order chi connectivity index (χ0) is 25.1. The van der Waals surface area contributed by atoms with Crippen molar-refractivity contribution < 1.29 is 14.3 Å². The van der Waals surface area contributed by atoms with E-state index in [-0.39, 0.29) is 5.91 Å². The zero-order valence-corrected chi connectivity index (χ0v) is 21.8. The number of ether oxygens (including phenoxy) is 1. The van der Waals surface area contributed by atoms with Gasteiger partial charge in [0.15, 0.2) is 0 Å². The summed E-state index contributed by atoms with van der Waals surface area (Å²) in [4.78, 5) is 28.1. The minimum absolute atomic E-state index is 0.169. The maximum absolute atomic E-state index is 13.5. The third kappa shape index (κ3) is 4.42. The van der Waals surface area contributed by atoms with Gasteiger partial charge < -0.3 is 10.1 Å². The Hall–Kier alpha value is -2.82. The van der Waals surface area contributed by atoms with Gasteiger partial charge in [0.2, 0.25) is 5.91 Å². The number of nitrogens with one attached hydrogen (secondary N) is 1. The van der Waals surface area contributed by atoms with Crippen molar-refractivity contribution in [1.82, 2.24) is 4.90 Å². The van der Waals surface area contributed by atoms with Crippen molar-refractivity contribution in [3.05, 3.63) is 65.2 Å². The highest BCUT2D eigenvalue weighted by Gasteiger charge is 2.51. The molecule has 4 saturated carbocycles. The van der Waals surface area contributed by atoms with Crippen LogP contribution in [0.3, 0.4) is 0 Å². The summed E-state index contributed by atoms with van der Waals surface area (Å²) >= 11 is 0. The van der Waals surface area contributed by atoms with Crippen LogP contribution in [0.5, 0.6) is 0 Å². The molecule has 5 nitrogen and oxygen atoms in total. The average molecular weight is 487 g/mol. The summed E-state index contributed by atoms with van der Waals surface area (Å²) in [7, 11) is 0. The van der Waals surface area contributed by atoms with Crippen molar-refractivity contribution >= 4 is 17.7 Å². The fourth-order valence-corrected chi connectivity index (χ4v) is 7.87. The Morgan fingerprint density at radius 3 is 2.06 bits per heavy atom. The standard InChI is InChI=1S/C31H38N2O3/c1-30(2,3)36-29(35)33-19-24-7-5-4-6-23(24)15-27(33)28(34)32-26-10-8-25(9-11-26)31-16-20-12-21(17-31)14-22(13-20)18-31/h4-11,20-22,27H,12-19H2,1-3H3,(H,32,34)/t20?,21?,22?,27-,31?/m0/s1.